The Morgan fingerprint density at radius 3 is 1.61 bits per heavy atom. The molecule has 0 unspecified atom stereocenters. The normalized spacial score (nSPS) is 11.5. The number of para-hydroxylation sites is 1. The van der Waals surface area contributed by atoms with E-state index >= 15 is 0 Å². The third-order valence-electron chi connectivity index (χ3n) is 9.12. The maximum Gasteiger partial charge on any atom is 0.168 e. The van der Waals surface area contributed by atoms with Gasteiger partial charge in [0.05, 0.1) is 32.1 Å². The van der Waals surface area contributed by atoms with Gasteiger partial charge in [-0.1, -0.05) is 102 Å². The molecule has 0 aliphatic carbocycles. The molecule has 0 amide bonds. The van der Waals surface area contributed by atoms with Crippen LogP contribution in [0.2, 0.25) is 0 Å². The van der Waals surface area contributed by atoms with Crippen molar-refractivity contribution >= 4 is 23.2 Å². The van der Waals surface area contributed by atoms with Gasteiger partial charge in [-0.25, -0.2) is 0 Å². The fourth-order valence-corrected chi connectivity index (χ4v) is 6.53. The predicted octanol–water partition coefficient (Wildman–Crippen LogP) is 12.0. The molecule has 0 fully saturated rings. The second-order valence-electron chi connectivity index (χ2n) is 13.9. The Bertz CT molecular complexity index is 1780. The summed E-state index contributed by atoms with van der Waals surface area (Å²) in [4.78, 5) is 0. The molecule has 0 saturated carbocycles. The Morgan fingerprint density at radius 1 is 0.588 bits per heavy atom. The molecule has 0 radical (unpaired) electrons. The number of benzene rings is 4. The minimum absolute atomic E-state index is 0.0873. The standard InChI is InChI=1S/C43H51Cl2N3O3/c1-43(2,3)36-22-18-32(19-23-36)41-46-47-42(48(41)37-16-12-11-13-17-37)33-20-24-38(25-21-33)50-26-14-9-7-5-6-8-10-15-27-51-40-29-34(30-44)39(49-4)28-35(40)31-45/h11-13,16-25,28-29H,5-10,14-15,26-27,30-31H2,1-4H3. The highest BCUT2D eigenvalue weighted by atomic mass is 35.5. The van der Waals surface area contributed by atoms with Gasteiger partial charge >= 0.3 is 0 Å². The van der Waals surface area contributed by atoms with Gasteiger partial charge < -0.3 is 14.2 Å². The summed E-state index contributed by atoms with van der Waals surface area (Å²) in [5.41, 5.74) is 6.27. The summed E-state index contributed by atoms with van der Waals surface area (Å²) < 4.78 is 19.7. The van der Waals surface area contributed by atoms with E-state index in [9.17, 15) is 0 Å². The molecule has 1 heterocycles. The zero-order chi connectivity index (χ0) is 36.1. The van der Waals surface area contributed by atoms with E-state index < -0.39 is 0 Å². The van der Waals surface area contributed by atoms with Gasteiger partial charge in [-0.05, 0) is 72.4 Å². The van der Waals surface area contributed by atoms with Gasteiger partial charge in [0.1, 0.15) is 17.2 Å². The molecule has 0 bridgehead atoms. The predicted molar refractivity (Wildman–Crippen MR) is 211 cm³/mol. The average molecular weight is 729 g/mol. The number of alkyl halides is 2. The molecule has 5 rings (SSSR count). The van der Waals surface area contributed by atoms with Crippen molar-refractivity contribution in [3.8, 4) is 45.7 Å². The van der Waals surface area contributed by atoms with E-state index in [0.717, 1.165) is 76.1 Å². The lowest BCUT2D eigenvalue weighted by atomic mass is 9.86. The lowest BCUT2D eigenvalue weighted by Crippen LogP contribution is -2.10. The van der Waals surface area contributed by atoms with Crippen LogP contribution in [-0.4, -0.2) is 35.1 Å². The average Bonchev–Trinajstić information content (AvgIpc) is 3.60. The van der Waals surface area contributed by atoms with Gasteiger partial charge in [0.25, 0.3) is 0 Å². The molecule has 1 aromatic heterocycles. The summed E-state index contributed by atoms with van der Waals surface area (Å²) >= 11 is 12.2. The Hall–Kier alpha value is -4.00. The lowest BCUT2D eigenvalue weighted by molar-refractivity contribution is 0.299. The highest BCUT2D eigenvalue weighted by molar-refractivity contribution is 6.18. The largest absolute Gasteiger partial charge is 0.496 e. The summed E-state index contributed by atoms with van der Waals surface area (Å²) in [6, 6.07) is 31.0. The highest BCUT2D eigenvalue weighted by Gasteiger charge is 2.19. The van der Waals surface area contributed by atoms with Crippen LogP contribution in [0.1, 0.15) is 88.8 Å². The molecule has 6 nitrogen and oxygen atoms in total. The first-order chi connectivity index (χ1) is 24.8. The number of halogens is 2. The van der Waals surface area contributed by atoms with E-state index in [1.54, 1.807) is 7.11 Å². The van der Waals surface area contributed by atoms with Gasteiger partial charge in [0.15, 0.2) is 11.6 Å². The minimum atomic E-state index is 0.0873. The number of hydrogen-bond donors (Lipinski definition) is 0. The van der Waals surface area contributed by atoms with Crippen LogP contribution in [0.15, 0.2) is 91.0 Å². The summed E-state index contributed by atoms with van der Waals surface area (Å²) in [6.45, 7) is 8.07. The first-order valence-corrected chi connectivity index (χ1v) is 19.2. The van der Waals surface area contributed by atoms with Crippen molar-refractivity contribution in [2.45, 2.75) is 89.3 Å². The zero-order valence-electron chi connectivity index (χ0n) is 30.5. The van der Waals surface area contributed by atoms with E-state index in [1.165, 1.54) is 37.7 Å². The van der Waals surface area contributed by atoms with E-state index in [2.05, 4.69) is 84.1 Å². The molecule has 270 valence electrons. The first kappa shape index (κ1) is 38.2. The molecule has 4 aromatic carbocycles. The molecule has 0 aliphatic rings. The monoisotopic (exact) mass is 727 g/mol. The van der Waals surface area contributed by atoms with E-state index in [4.69, 9.17) is 37.4 Å². The number of hydrogen-bond acceptors (Lipinski definition) is 5. The first-order valence-electron chi connectivity index (χ1n) is 18.1. The molecule has 0 saturated heterocycles. The van der Waals surface area contributed by atoms with Gasteiger partial charge in [-0.2, -0.15) is 0 Å². The molecule has 0 aliphatic heterocycles. The van der Waals surface area contributed by atoms with Crippen LogP contribution in [0.25, 0.3) is 28.5 Å². The Balaban J connectivity index is 1.03. The Labute approximate surface area is 314 Å². The molecule has 0 atom stereocenters. The van der Waals surface area contributed by atoms with Crippen molar-refractivity contribution < 1.29 is 14.2 Å². The van der Waals surface area contributed by atoms with Gasteiger partial charge in [0, 0.05) is 27.9 Å². The topological polar surface area (TPSA) is 58.4 Å². The maximum absolute atomic E-state index is 6.13. The van der Waals surface area contributed by atoms with Crippen LogP contribution < -0.4 is 14.2 Å². The summed E-state index contributed by atoms with van der Waals surface area (Å²) in [5.74, 6) is 4.80. The fourth-order valence-electron chi connectivity index (χ4n) is 6.11. The SMILES string of the molecule is COc1cc(CCl)c(OCCCCCCCCCCOc2ccc(-c3nnc(-c4ccc(C(C)(C)C)cc4)n3-c3ccccc3)cc2)cc1CCl. The number of methoxy groups -OCH3 is 1. The number of aromatic nitrogens is 3. The third-order valence-corrected chi connectivity index (χ3v) is 9.69. The second-order valence-corrected chi connectivity index (χ2v) is 14.5. The van der Waals surface area contributed by atoms with Gasteiger partial charge in [-0.15, -0.1) is 33.4 Å². The molecule has 8 heteroatoms. The van der Waals surface area contributed by atoms with Crippen LogP contribution >= 0.6 is 23.2 Å². The molecule has 0 spiro atoms. The lowest BCUT2D eigenvalue weighted by Gasteiger charge is -2.19. The molecule has 51 heavy (non-hydrogen) atoms. The number of nitrogens with zero attached hydrogens (tertiary/aromatic N) is 3. The van der Waals surface area contributed by atoms with Crippen LogP contribution in [-0.2, 0) is 17.2 Å². The van der Waals surface area contributed by atoms with Crippen LogP contribution in [0.5, 0.6) is 17.2 Å². The smallest absolute Gasteiger partial charge is 0.168 e. The quantitative estimate of drug-likeness (QED) is 0.0626. The second kappa shape index (κ2) is 19.0. The van der Waals surface area contributed by atoms with Crippen LogP contribution in [0.4, 0.5) is 0 Å². The minimum Gasteiger partial charge on any atom is -0.496 e. The molecular formula is C43H51Cl2N3O3. The summed E-state index contributed by atoms with van der Waals surface area (Å²) in [5, 5.41) is 9.31. The summed E-state index contributed by atoms with van der Waals surface area (Å²) in [7, 11) is 1.64. The molecule has 0 N–H and O–H groups in total. The Kier molecular flexibility index (Phi) is 14.3. The zero-order valence-corrected chi connectivity index (χ0v) is 32.0. The van der Waals surface area contributed by atoms with Crippen molar-refractivity contribution in [2.24, 2.45) is 0 Å². The van der Waals surface area contributed by atoms with Crippen molar-refractivity contribution in [3.05, 3.63) is 108 Å². The third kappa shape index (κ3) is 10.5. The summed E-state index contributed by atoms with van der Waals surface area (Å²) in [6.07, 6.45) is 9.32. The Morgan fingerprint density at radius 2 is 1.08 bits per heavy atom. The fraction of sp³-hybridized carbons (Fsp3) is 0.395. The number of unbranched alkanes of at least 4 members (excludes halogenated alkanes) is 7. The van der Waals surface area contributed by atoms with E-state index in [-0.39, 0.29) is 5.41 Å². The highest BCUT2D eigenvalue weighted by Crippen LogP contribution is 2.33. The van der Waals surface area contributed by atoms with Gasteiger partial charge in [-0.3, -0.25) is 4.57 Å². The van der Waals surface area contributed by atoms with E-state index in [0.29, 0.717) is 25.0 Å². The van der Waals surface area contributed by atoms with Crippen LogP contribution in [0.3, 0.4) is 0 Å². The van der Waals surface area contributed by atoms with Crippen LogP contribution in [0, 0.1) is 0 Å². The molecular weight excluding hydrogens is 677 g/mol. The van der Waals surface area contributed by atoms with Gasteiger partial charge in [0.2, 0.25) is 0 Å². The van der Waals surface area contributed by atoms with Crippen molar-refractivity contribution in [1.29, 1.82) is 0 Å². The maximum atomic E-state index is 6.13. The van der Waals surface area contributed by atoms with Crippen molar-refractivity contribution in [2.75, 3.05) is 20.3 Å². The molecule has 5 aromatic rings. The van der Waals surface area contributed by atoms with Crippen molar-refractivity contribution in [3.63, 3.8) is 0 Å². The van der Waals surface area contributed by atoms with E-state index in [1.807, 2.05) is 42.5 Å². The number of ether oxygens (including phenoxy) is 3. The van der Waals surface area contributed by atoms with Crippen molar-refractivity contribution in [1.82, 2.24) is 14.8 Å². The number of rotatable bonds is 19.